The summed E-state index contributed by atoms with van der Waals surface area (Å²) in [6.45, 7) is 1.27. The highest BCUT2D eigenvalue weighted by Crippen LogP contribution is 2.33. The summed E-state index contributed by atoms with van der Waals surface area (Å²) >= 11 is 0. The molecule has 1 fully saturated rings. The van der Waals surface area contributed by atoms with Crippen molar-refractivity contribution >= 4 is 21.2 Å². The molecule has 1 saturated heterocycles. The van der Waals surface area contributed by atoms with E-state index in [-0.39, 0.29) is 22.3 Å². The molecule has 1 aliphatic rings. The van der Waals surface area contributed by atoms with Crippen LogP contribution in [0.1, 0.15) is 12.8 Å². The predicted octanol–water partition coefficient (Wildman–Crippen LogP) is 1.85. The van der Waals surface area contributed by atoms with Gasteiger partial charge in [-0.05, 0) is 43.0 Å². The number of methoxy groups -OCH3 is 2. The molecule has 166 valence electrons. The third-order valence-corrected chi connectivity index (χ3v) is 7.82. The van der Waals surface area contributed by atoms with Crippen LogP contribution in [0.5, 0.6) is 11.5 Å². The molecule has 9 nitrogen and oxygen atoms in total. The summed E-state index contributed by atoms with van der Waals surface area (Å²) in [5.74, 6) is 0.928. The quantitative estimate of drug-likeness (QED) is 0.574. The smallest absolute Gasteiger partial charge is 0.330 e. The summed E-state index contributed by atoms with van der Waals surface area (Å²) in [6, 6.07) is 8.43. The van der Waals surface area contributed by atoms with Crippen molar-refractivity contribution in [2.75, 3.05) is 27.3 Å². The molecule has 0 amide bonds. The molecule has 4 rings (SSSR count). The van der Waals surface area contributed by atoms with Crippen LogP contribution < -0.4 is 15.2 Å². The monoisotopic (exact) mass is 446 g/mol. The lowest BCUT2D eigenvalue weighted by Crippen LogP contribution is -2.40. The van der Waals surface area contributed by atoms with Crippen molar-refractivity contribution in [2.24, 2.45) is 13.0 Å². The van der Waals surface area contributed by atoms with Gasteiger partial charge in [0.1, 0.15) is 16.4 Å². The lowest BCUT2D eigenvalue weighted by atomic mass is 9.98. The van der Waals surface area contributed by atoms with Gasteiger partial charge in [0.2, 0.25) is 10.0 Å². The summed E-state index contributed by atoms with van der Waals surface area (Å²) in [4.78, 5) is 17.1. The normalized spacial score (nSPS) is 16.0. The molecule has 1 aromatic carbocycles. The first-order valence-corrected chi connectivity index (χ1v) is 11.5. The molecule has 3 aromatic rings. The third-order valence-electron chi connectivity index (χ3n) is 5.90. The highest BCUT2D eigenvalue weighted by molar-refractivity contribution is 7.89. The van der Waals surface area contributed by atoms with E-state index in [0.29, 0.717) is 43.9 Å². The van der Waals surface area contributed by atoms with Crippen LogP contribution in [0, 0.1) is 5.92 Å². The third kappa shape index (κ3) is 3.81. The van der Waals surface area contributed by atoms with E-state index in [1.165, 1.54) is 24.6 Å². The van der Waals surface area contributed by atoms with Crippen LogP contribution in [0.15, 0.2) is 46.2 Å². The van der Waals surface area contributed by atoms with Gasteiger partial charge in [-0.1, -0.05) is 0 Å². The Labute approximate surface area is 180 Å². The van der Waals surface area contributed by atoms with Crippen molar-refractivity contribution < 1.29 is 17.9 Å². The Hall–Kier alpha value is -2.85. The van der Waals surface area contributed by atoms with E-state index in [2.05, 4.69) is 4.98 Å². The molecule has 10 heteroatoms. The van der Waals surface area contributed by atoms with Crippen LogP contribution in [-0.2, 0) is 23.6 Å². The van der Waals surface area contributed by atoms with E-state index < -0.39 is 10.0 Å². The highest BCUT2D eigenvalue weighted by atomic mass is 32.2. The molecule has 1 aliphatic heterocycles. The van der Waals surface area contributed by atoms with Gasteiger partial charge < -0.3 is 9.47 Å². The molecule has 0 bridgehead atoms. The fourth-order valence-corrected chi connectivity index (χ4v) is 5.75. The van der Waals surface area contributed by atoms with Crippen LogP contribution in [0.4, 0.5) is 0 Å². The number of sulfonamides is 1. The van der Waals surface area contributed by atoms with Crippen LogP contribution in [0.2, 0.25) is 0 Å². The molecule has 0 unspecified atom stereocenters. The van der Waals surface area contributed by atoms with E-state index in [4.69, 9.17) is 9.47 Å². The van der Waals surface area contributed by atoms with E-state index in [0.717, 1.165) is 5.52 Å². The minimum Gasteiger partial charge on any atom is -0.497 e. The van der Waals surface area contributed by atoms with Crippen LogP contribution in [0.3, 0.4) is 0 Å². The number of ether oxygens (including phenoxy) is 2. The number of rotatable bonds is 6. The first kappa shape index (κ1) is 21.4. The fourth-order valence-electron chi connectivity index (χ4n) is 4.11. The first-order chi connectivity index (χ1) is 14.9. The summed E-state index contributed by atoms with van der Waals surface area (Å²) < 4.78 is 41.7. The van der Waals surface area contributed by atoms with Gasteiger partial charge in [-0.15, -0.1) is 0 Å². The molecule has 3 heterocycles. The first-order valence-electron chi connectivity index (χ1n) is 10.1. The van der Waals surface area contributed by atoms with Gasteiger partial charge in [0.05, 0.1) is 19.7 Å². The Bertz CT molecular complexity index is 1260. The fraction of sp³-hybridized carbons (Fsp3) is 0.429. The summed E-state index contributed by atoms with van der Waals surface area (Å²) in [5.41, 5.74) is 1.34. The maximum Gasteiger partial charge on any atom is 0.330 e. The number of imidazole rings is 1. The van der Waals surface area contributed by atoms with Crippen molar-refractivity contribution in [2.45, 2.75) is 24.3 Å². The Balaban J connectivity index is 1.52. The Morgan fingerprint density at radius 3 is 2.55 bits per heavy atom. The Morgan fingerprint density at radius 2 is 1.87 bits per heavy atom. The molecule has 0 saturated carbocycles. The van der Waals surface area contributed by atoms with Crippen molar-refractivity contribution in [1.29, 1.82) is 0 Å². The molecule has 2 aromatic heterocycles. The summed E-state index contributed by atoms with van der Waals surface area (Å²) in [6.07, 6.45) is 2.98. The average Bonchev–Trinajstić information content (AvgIpc) is 3.04. The number of fused-ring (bicyclic) bond motifs is 1. The van der Waals surface area contributed by atoms with Crippen molar-refractivity contribution in [3.05, 3.63) is 47.0 Å². The minimum absolute atomic E-state index is 0.0993. The molecule has 0 atom stereocenters. The maximum absolute atomic E-state index is 13.3. The van der Waals surface area contributed by atoms with E-state index in [1.54, 1.807) is 34.5 Å². The molecule has 0 radical (unpaired) electrons. The highest BCUT2D eigenvalue weighted by Gasteiger charge is 2.32. The largest absolute Gasteiger partial charge is 0.497 e. The average molecular weight is 447 g/mol. The molecule has 0 spiro atoms. The summed E-state index contributed by atoms with van der Waals surface area (Å²) in [5, 5.41) is 0. The second-order valence-electron chi connectivity index (χ2n) is 7.66. The number of hydrogen-bond acceptors (Lipinski definition) is 6. The number of aromatic nitrogens is 3. The second kappa shape index (κ2) is 8.35. The Morgan fingerprint density at radius 1 is 1.13 bits per heavy atom. The van der Waals surface area contributed by atoms with Gasteiger partial charge in [-0.25, -0.2) is 18.2 Å². The Kier molecular flexibility index (Phi) is 5.76. The van der Waals surface area contributed by atoms with Crippen LogP contribution in [-0.4, -0.2) is 54.2 Å². The van der Waals surface area contributed by atoms with Crippen molar-refractivity contribution in [3.8, 4) is 11.5 Å². The number of hydrogen-bond donors (Lipinski definition) is 0. The predicted molar refractivity (Wildman–Crippen MR) is 116 cm³/mol. The minimum atomic E-state index is -3.73. The number of nitrogens with zero attached hydrogens (tertiary/aromatic N) is 4. The lowest BCUT2D eigenvalue weighted by Gasteiger charge is -2.31. The SMILES string of the molecule is COc1ccc(OC)c(S(=O)(=O)N2CCC(Cn3c(=O)n(C)c4cccnc43)CC2)c1. The number of aryl methyl sites for hydroxylation is 1. The van der Waals surface area contributed by atoms with Gasteiger partial charge in [0.25, 0.3) is 0 Å². The lowest BCUT2D eigenvalue weighted by molar-refractivity contribution is 0.252. The van der Waals surface area contributed by atoms with Crippen LogP contribution in [0.25, 0.3) is 11.2 Å². The van der Waals surface area contributed by atoms with Crippen molar-refractivity contribution in [1.82, 2.24) is 18.4 Å². The zero-order chi connectivity index (χ0) is 22.2. The van der Waals surface area contributed by atoms with Gasteiger partial charge in [0.15, 0.2) is 5.65 Å². The molecular weight excluding hydrogens is 420 g/mol. The molecule has 0 aliphatic carbocycles. The van der Waals surface area contributed by atoms with Gasteiger partial charge in [-0.2, -0.15) is 4.31 Å². The van der Waals surface area contributed by atoms with E-state index in [1.807, 2.05) is 12.1 Å². The van der Waals surface area contributed by atoms with Gasteiger partial charge in [-0.3, -0.25) is 9.13 Å². The molecular formula is C21H26N4O5S. The molecule has 31 heavy (non-hydrogen) atoms. The van der Waals surface area contributed by atoms with Gasteiger partial charge >= 0.3 is 5.69 Å². The number of pyridine rings is 1. The molecule has 0 N–H and O–H groups in total. The second-order valence-corrected chi connectivity index (χ2v) is 9.57. The van der Waals surface area contributed by atoms with Gasteiger partial charge in [0, 0.05) is 38.9 Å². The van der Waals surface area contributed by atoms with Crippen LogP contribution >= 0.6 is 0 Å². The van der Waals surface area contributed by atoms with Crippen molar-refractivity contribution in [3.63, 3.8) is 0 Å². The topological polar surface area (TPSA) is 95.7 Å². The standard InChI is InChI=1S/C21H26N4O5S/c1-23-17-5-4-10-22-20(17)25(21(23)26)14-15-8-11-24(12-9-15)31(27,28)19-13-16(29-2)6-7-18(19)30-3/h4-7,10,13,15H,8-9,11-12,14H2,1-3H3. The number of benzene rings is 1. The van der Waals surface area contributed by atoms with E-state index >= 15 is 0 Å². The maximum atomic E-state index is 13.3. The number of piperidine rings is 1. The van der Waals surface area contributed by atoms with E-state index in [9.17, 15) is 13.2 Å². The zero-order valence-electron chi connectivity index (χ0n) is 17.8. The summed E-state index contributed by atoms with van der Waals surface area (Å²) in [7, 11) is 0.948. The zero-order valence-corrected chi connectivity index (χ0v) is 18.6.